The predicted octanol–water partition coefficient (Wildman–Crippen LogP) is -0.879. The van der Waals surface area contributed by atoms with Crippen LogP contribution in [-0.4, -0.2) is 51.2 Å². The number of nitrogens with two attached hydrogens (primary N) is 1. The van der Waals surface area contributed by atoms with Gasteiger partial charge in [-0.15, -0.1) is 0 Å². The summed E-state index contributed by atoms with van der Waals surface area (Å²) in [6.07, 6.45) is -0.0791. The van der Waals surface area contributed by atoms with Crippen LogP contribution in [0.3, 0.4) is 0 Å². The maximum atomic E-state index is 11.2. The maximum Gasteiger partial charge on any atom is 0.221 e. The molecule has 7 heteroatoms. The Bertz CT molecular complexity index is 314. The second-order valence-corrected chi connectivity index (χ2v) is 5.78. The van der Waals surface area contributed by atoms with Crippen molar-refractivity contribution < 1.29 is 13.2 Å². The molecule has 0 atom stereocenters. The van der Waals surface area contributed by atoms with E-state index < -0.39 is 10.0 Å². The lowest BCUT2D eigenvalue weighted by Gasteiger charge is -2.20. The third kappa shape index (κ3) is 8.63. The Morgan fingerprint density at radius 3 is 2.44 bits per heavy atom. The number of likely N-dealkylation sites (N-methyl/N-ethyl adjacent to an activating group) is 1. The largest absolute Gasteiger partial charge is 0.355 e. The second kappa shape index (κ2) is 6.82. The van der Waals surface area contributed by atoms with Crippen LogP contribution in [0.1, 0.15) is 20.3 Å². The van der Waals surface area contributed by atoms with E-state index in [1.54, 1.807) is 0 Å². The average molecular weight is 251 g/mol. The number of rotatable bonds is 7. The van der Waals surface area contributed by atoms with Crippen molar-refractivity contribution in [2.45, 2.75) is 26.3 Å². The van der Waals surface area contributed by atoms with E-state index in [4.69, 9.17) is 5.14 Å². The first kappa shape index (κ1) is 15.3. The number of nitrogens with one attached hydrogen (secondary N) is 1. The maximum absolute atomic E-state index is 11.2. The minimum atomic E-state index is -3.55. The van der Waals surface area contributed by atoms with Crippen molar-refractivity contribution in [1.82, 2.24) is 10.2 Å². The molecule has 16 heavy (non-hydrogen) atoms. The molecule has 0 unspecified atom stereocenters. The van der Waals surface area contributed by atoms with Crippen molar-refractivity contribution in [3.05, 3.63) is 0 Å². The molecule has 0 bridgehead atoms. The van der Waals surface area contributed by atoms with Crippen LogP contribution in [-0.2, 0) is 14.8 Å². The average Bonchev–Trinajstić information content (AvgIpc) is 2.13. The molecule has 0 aromatic carbocycles. The number of sulfonamides is 1. The van der Waals surface area contributed by atoms with Crippen LogP contribution in [0, 0.1) is 0 Å². The Kier molecular flexibility index (Phi) is 6.54. The monoisotopic (exact) mass is 251 g/mol. The molecular formula is C9H21N3O3S. The minimum absolute atomic E-state index is 0.0791. The first-order chi connectivity index (χ1) is 7.22. The van der Waals surface area contributed by atoms with E-state index in [1.807, 2.05) is 7.05 Å². The molecule has 0 rings (SSSR count). The van der Waals surface area contributed by atoms with Crippen LogP contribution in [0.2, 0.25) is 0 Å². The fourth-order valence-corrected chi connectivity index (χ4v) is 1.42. The van der Waals surface area contributed by atoms with Crippen molar-refractivity contribution in [3.63, 3.8) is 0 Å². The summed E-state index contributed by atoms with van der Waals surface area (Å²) in [6.45, 7) is 5.36. The van der Waals surface area contributed by atoms with Gasteiger partial charge >= 0.3 is 0 Å². The zero-order valence-electron chi connectivity index (χ0n) is 10.1. The molecule has 0 heterocycles. The SMILES string of the molecule is CC(C)N(C)CCNC(=O)CCS(N)(=O)=O. The first-order valence-electron chi connectivity index (χ1n) is 5.20. The Balaban J connectivity index is 3.67. The van der Waals surface area contributed by atoms with Gasteiger partial charge in [-0.05, 0) is 20.9 Å². The van der Waals surface area contributed by atoms with Crippen molar-refractivity contribution in [1.29, 1.82) is 0 Å². The van der Waals surface area contributed by atoms with Gasteiger partial charge in [0.15, 0.2) is 0 Å². The fourth-order valence-electron chi connectivity index (χ4n) is 0.953. The predicted molar refractivity (Wildman–Crippen MR) is 63.4 cm³/mol. The third-order valence-electron chi connectivity index (χ3n) is 2.28. The van der Waals surface area contributed by atoms with Gasteiger partial charge in [-0.25, -0.2) is 13.6 Å². The van der Waals surface area contributed by atoms with Crippen molar-refractivity contribution in [2.24, 2.45) is 5.14 Å². The molecule has 0 aromatic rings. The summed E-state index contributed by atoms with van der Waals surface area (Å²) in [4.78, 5) is 13.3. The van der Waals surface area contributed by atoms with Gasteiger partial charge in [-0.1, -0.05) is 0 Å². The molecule has 0 aliphatic rings. The van der Waals surface area contributed by atoms with E-state index in [2.05, 4.69) is 24.1 Å². The summed E-state index contributed by atoms with van der Waals surface area (Å²) in [5.74, 6) is -0.593. The lowest BCUT2D eigenvalue weighted by atomic mass is 10.3. The fraction of sp³-hybridized carbons (Fsp3) is 0.889. The summed E-state index contributed by atoms with van der Waals surface area (Å²) >= 11 is 0. The van der Waals surface area contributed by atoms with Gasteiger partial charge in [-0.3, -0.25) is 4.79 Å². The molecule has 0 aliphatic heterocycles. The van der Waals surface area contributed by atoms with E-state index >= 15 is 0 Å². The van der Waals surface area contributed by atoms with Gasteiger partial charge in [0.05, 0.1) is 5.75 Å². The molecule has 0 fully saturated rings. The van der Waals surface area contributed by atoms with Crippen LogP contribution in [0.5, 0.6) is 0 Å². The molecule has 96 valence electrons. The third-order valence-corrected chi connectivity index (χ3v) is 3.06. The minimum Gasteiger partial charge on any atom is -0.355 e. The van der Waals surface area contributed by atoms with Gasteiger partial charge in [-0.2, -0.15) is 0 Å². The highest BCUT2D eigenvalue weighted by molar-refractivity contribution is 7.89. The highest BCUT2D eigenvalue weighted by Gasteiger charge is 2.08. The normalized spacial score (nSPS) is 12.1. The van der Waals surface area contributed by atoms with Gasteiger partial charge in [0.25, 0.3) is 0 Å². The van der Waals surface area contributed by atoms with E-state index in [9.17, 15) is 13.2 Å². The first-order valence-corrected chi connectivity index (χ1v) is 6.91. The lowest BCUT2D eigenvalue weighted by molar-refractivity contribution is -0.120. The summed E-state index contributed by atoms with van der Waals surface area (Å²) in [5, 5.41) is 7.42. The molecular weight excluding hydrogens is 230 g/mol. The Labute approximate surface area is 97.2 Å². The van der Waals surface area contributed by atoms with Crippen LogP contribution < -0.4 is 10.5 Å². The summed E-state index contributed by atoms with van der Waals surface area (Å²) in [7, 11) is -1.59. The number of nitrogens with zero attached hydrogens (tertiary/aromatic N) is 1. The number of carbonyl (C=O) groups excluding carboxylic acids is 1. The molecule has 3 N–H and O–H groups in total. The molecule has 0 saturated heterocycles. The van der Waals surface area contributed by atoms with E-state index in [-0.39, 0.29) is 18.1 Å². The Hall–Kier alpha value is -0.660. The summed E-state index contributed by atoms with van der Waals surface area (Å²) in [6, 6.07) is 0.418. The number of hydrogen-bond donors (Lipinski definition) is 2. The quantitative estimate of drug-likeness (QED) is 0.614. The zero-order chi connectivity index (χ0) is 12.8. The number of hydrogen-bond acceptors (Lipinski definition) is 4. The molecule has 0 aromatic heterocycles. The van der Waals surface area contributed by atoms with Gasteiger partial charge in [0.1, 0.15) is 0 Å². The van der Waals surface area contributed by atoms with Crippen molar-refractivity contribution in [3.8, 4) is 0 Å². The van der Waals surface area contributed by atoms with Crippen molar-refractivity contribution >= 4 is 15.9 Å². The van der Waals surface area contributed by atoms with Gasteiger partial charge < -0.3 is 10.2 Å². The second-order valence-electron chi connectivity index (χ2n) is 4.04. The molecule has 1 amide bonds. The number of primary sulfonamides is 1. The van der Waals surface area contributed by atoms with E-state index in [0.29, 0.717) is 12.6 Å². The van der Waals surface area contributed by atoms with Crippen LogP contribution in [0.4, 0.5) is 0 Å². The highest BCUT2D eigenvalue weighted by atomic mass is 32.2. The number of amides is 1. The van der Waals surface area contributed by atoms with Crippen LogP contribution >= 0.6 is 0 Å². The molecule has 0 aliphatic carbocycles. The van der Waals surface area contributed by atoms with E-state index in [1.165, 1.54) is 0 Å². The topological polar surface area (TPSA) is 92.5 Å². The van der Waals surface area contributed by atoms with Crippen LogP contribution in [0.15, 0.2) is 0 Å². The molecule has 0 spiro atoms. The molecule has 6 nitrogen and oxygen atoms in total. The van der Waals surface area contributed by atoms with Gasteiger partial charge in [0, 0.05) is 25.6 Å². The Morgan fingerprint density at radius 1 is 1.44 bits per heavy atom. The van der Waals surface area contributed by atoms with Crippen LogP contribution in [0.25, 0.3) is 0 Å². The lowest BCUT2D eigenvalue weighted by Crippen LogP contribution is -2.36. The molecule has 0 radical (unpaired) electrons. The van der Waals surface area contributed by atoms with Gasteiger partial charge in [0.2, 0.25) is 15.9 Å². The summed E-state index contributed by atoms with van der Waals surface area (Å²) < 4.78 is 21.2. The smallest absolute Gasteiger partial charge is 0.221 e. The van der Waals surface area contributed by atoms with Crippen molar-refractivity contribution in [2.75, 3.05) is 25.9 Å². The number of carbonyl (C=O) groups is 1. The summed E-state index contributed by atoms with van der Waals surface area (Å²) in [5.41, 5.74) is 0. The Morgan fingerprint density at radius 2 is 2.00 bits per heavy atom. The zero-order valence-corrected chi connectivity index (χ0v) is 10.9. The highest BCUT2D eigenvalue weighted by Crippen LogP contribution is 1.91. The molecule has 0 saturated carbocycles. The van der Waals surface area contributed by atoms with E-state index in [0.717, 1.165) is 6.54 Å². The standard InChI is InChI=1S/C9H21N3O3S/c1-8(2)12(3)6-5-11-9(13)4-7-16(10,14)15/h8H,4-7H2,1-3H3,(H,11,13)(H2,10,14,15).